The van der Waals surface area contributed by atoms with Gasteiger partial charge in [-0.15, -0.1) is 0 Å². The lowest BCUT2D eigenvalue weighted by Gasteiger charge is -2.12. The Balaban J connectivity index is 2.10. The van der Waals surface area contributed by atoms with Crippen molar-refractivity contribution in [1.29, 1.82) is 5.26 Å². The Morgan fingerprint density at radius 2 is 1.72 bits per heavy atom. The Labute approximate surface area is 147 Å². The number of rotatable bonds is 4. The second kappa shape index (κ2) is 7.06. The molecule has 3 rings (SSSR count). The van der Waals surface area contributed by atoms with Crippen molar-refractivity contribution in [2.45, 2.75) is 6.92 Å². The largest absolute Gasteiger partial charge is 0.496 e. The summed E-state index contributed by atoms with van der Waals surface area (Å²) in [7, 11) is 3.21. The normalized spacial score (nSPS) is 11.2. The molecule has 0 fully saturated rings. The summed E-state index contributed by atoms with van der Waals surface area (Å²) in [6.07, 6.45) is 1.77. The molecule has 1 heterocycles. The van der Waals surface area contributed by atoms with Crippen molar-refractivity contribution in [3.8, 4) is 17.6 Å². The van der Waals surface area contributed by atoms with E-state index in [1.165, 1.54) is 0 Å². The summed E-state index contributed by atoms with van der Waals surface area (Å²) in [4.78, 5) is 4.60. The molecule has 0 bridgehead atoms. The molecular formula is C21H18N2O2. The molecule has 0 saturated carbocycles. The Bertz CT molecular complexity index is 975. The second-order valence-corrected chi connectivity index (χ2v) is 5.60. The fourth-order valence-electron chi connectivity index (χ4n) is 2.73. The number of para-hydroxylation sites is 1. The highest BCUT2D eigenvalue weighted by Crippen LogP contribution is 2.32. The predicted molar refractivity (Wildman–Crippen MR) is 99.5 cm³/mol. The molecule has 25 heavy (non-hydrogen) atoms. The van der Waals surface area contributed by atoms with Gasteiger partial charge in [-0.05, 0) is 42.8 Å². The number of nitriles is 1. The van der Waals surface area contributed by atoms with E-state index in [4.69, 9.17) is 9.47 Å². The standard InChI is InChI=1S/C21H18N2O2/c1-14-20(24-2)11-16(12-21(14)25-3)17(13-22)10-18-9-8-15-6-4-5-7-19(15)23-18/h4-12H,1-3H3/b17-10+. The van der Waals surface area contributed by atoms with Crippen LogP contribution in [0.4, 0.5) is 0 Å². The maximum Gasteiger partial charge on any atom is 0.126 e. The van der Waals surface area contributed by atoms with Crippen LogP contribution < -0.4 is 9.47 Å². The third-order valence-electron chi connectivity index (χ3n) is 4.10. The predicted octanol–water partition coefficient (Wildman–Crippen LogP) is 4.62. The first-order valence-corrected chi connectivity index (χ1v) is 7.87. The van der Waals surface area contributed by atoms with E-state index in [1.54, 1.807) is 20.3 Å². The summed E-state index contributed by atoms with van der Waals surface area (Å²) >= 11 is 0. The minimum Gasteiger partial charge on any atom is -0.496 e. The van der Waals surface area contributed by atoms with Gasteiger partial charge in [-0.3, -0.25) is 0 Å². The van der Waals surface area contributed by atoms with E-state index in [1.807, 2.05) is 55.5 Å². The fourth-order valence-corrected chi connectivity index (χ4v) is 2.73. The number of hydrogen-bond acceptors (Lipinski definition) is 4. The molecule has 0 atom stereocenters. The first-order chi connectivity index (χ1) is 12.2. The van der Waals surface area contributed by atoms with E-state index in [0.29, 0.717) is 17.1 Å². The zero-order valence-electron chi connectivity index (χ0n) is 14.4. The third kappa shape index (κ3) is 3.31. The minimum absolute atomic E-state index is 0.499. The van der Waals surface area contributed by atoms with Gasteiger partial charge in [0.05, 0.1) is 37.1 Å². The van der Waals surface area contributed by atoms with Crippen molar-refractivity contribution in [1.82, 2.24) is 4.98 Å². The molecule has 0 aliphatic heterocycles. The lowest BCUT2D eigenvalue weighted by molar-refractivity contribution is 0.388. The van der Waals surface area contributed by atoms with Gasteiger partial charge in [0.1, 0.15) is 11.5 Å². The Morgan fingerprint density at radius 1 is 1.04 bits per heavy atom. The summed E-state index contributed by atoms with van der Waals surface area (Å²) in [5, 5.41) is 10.7. The first kappa shape index (κ1) is 16.5. The number of aromatic nitrogens is 1. The van der Waals surface area contributed by atoms with Crippen molar-refractivity contribution in [2.75, 3.05) is 14.2 Å². The molecule has 0 saturated heterocycles. The molecule has 1 aromatic heterocycles. The molecule has 0 radical (unpaired) electrons. The SMILES string of the molecule is COc1cc(/C(C#N)=C/c2ccc3ccccc3n2)cc(OC)c1C. The van der Waals surface area contributed by atoms with Gasteiger partial charge in [0.2, 0.25) is 0 Å². The molecule has 4 heteroatoms. The number of pyridine rings is 1. The summed E-state index contributed by atoms with van der Waals surface area (Å²) in [5.41, 5.74) is 3.76. The maximum atomic E-state index is 9.62. The van der Waals surface area contributed by atoms with Crippen molar-refractivity contribution in [2.24, 2.45) is 0 Å². The summed E-state index contributed by atoms with van der Waals surface area (Å²) in [6, 6.07) is 17.7. The molecule has 124 valence electrons. The van der Waals surface area contributed by atoms with Crippen LogP contribution in [-0.4, -0.2) is 19.2 Å². The van der Waals surface area contributed by atoms with E-state index in [0.717, 1.165) is 27.7 Å². The molecule has 0 N–H and O–H groups in total. The summed E-state index contributed by atoms with van der Waals surface area (Å²) < 4.78 is 10.8. The highest BCUT2D eigenvalue weighted by Gasteiger charge is 2.11. The number of benzene rings is 2. The zero-order chi connectivity index (χ0) is 17.8. The van der Waals surface area contributed by atoms with Crippen LogP contribution in [0.2, 0.25) is 0 Å². The smallest absolute Gasteiger partial charge is 0.126 e. The molecule has 0 amide bonds. The van der Waals surface area contributed by atoms with Crippen LogP contribution >= 0.6 is 0 Å². The van der Waals surface area contributed by atoms with Crippen molar-refractivity contribution >= 4 is 22.6 Å². The monoisotopic (exact) mass is 330 g/mol. The highest BCUT2D eigenvalue weighted by molar-refractivity contribution is 5.91. The Hall–Kier alpha value is -3.32. The number of nitrogens with zero attached hydrogens (tertiary/aromatic N) is 2. The molecule has 2 aromatic carbocycles. The quantitative estimate of drug-likeness (QED) is 0.655. The molecule has 4 nitrogen and oxygen atoms in total. The number of methoxy groups -OCH3 is 2. The molecule has 0 aliphatic rings. The molecule has 0 unspecified atom stereocenters. The van der Waals surface area contributed by atoms with Crippen LogP contribution in [-0.2, 0) is 0 Å². The van der Waals surface area contributed by atoms with Crippen LogP contribution in [0.5, 0.6) is 11.5 Å². The van der Waals surface area contributed by atoms with E-state index in [2.05, 4.69) is 11.1 Å². The van der Waals surface area contributed by atoms with Crippen LogP contribution in [0.25, 0.3) is 22.6 Å². The maximum absolute atomic E-state index is 9.62. The average Bonchev–Trinajstić information content (AvgIpc) is 2.66. The van der Waals surface area contributed by atoms with Crippen LogP contribution in [0.3, 0.4) is 0 Å². The third-order valence-corrected chi connectivity index (χ3v) is 4.10. The Morgan fingerprint density at radius 3 is 2.36 bits per heavy atom. The van der Waals surface area contributed by atoms with Gasteiger partial charge >= 0.3 is 0 Å². The van der Waals surface area contributed by atoms with Crippen LogP contribution in [0.1, 0.15) is 16.8 Å². The van der Waals surface area contributed by atoms with Crippen molar-refractivity contribution in [3.63, 3.8) is 0 Å². The Kier molecular flexibility index (Phi) is 4.67. The number of allylic oxidation sites excluding steroid dienone is 1. The molecule has 0 spiro atoms. The minimum atomic E-state index is 0.499. The number of fused-ring (bicyclic) bond motifs is 1. The average molecular weight is 330 g/mol. The zero-order valence-corrected chi connectivity index (χ0v) is 14.4. The first-order valence-electron chi connectivity index (χ1n) is 7.87. The van der Waals surface area contributed by atoms with Crippen molar-refractivity contribution < 1.29 is 9.47 Å². The lowest BCUT2D eigenvalue weighted by atomic mass is 10.0. The number of hydrogen-bond donors (Lipinski definition) is 0. The highest BCUT2D eigenvalue weighted by atomic mass is 16.5. The van der Waals surface area contributed by atoms with Crippen molar-refractivity contribution in [3.05, 3.63) is 65.4 Å². The van der Waals surface area contributed by atoms with Gasteiger partial charge < -0.3 is 9.47 Å². The molecule has 3 aromatic rings. The van der Waals surface area contributed by atoms with Gasteiger partial charge in [-0.2, -0.15) is 5.26 Å². The fraction of sp³-hybridized carbons (Fsp3) is 0.143. The van der Waals surface area contributed by atoms with Gasteiger partial charge in [0.15, 0.2) is 0 Å². The topological polar surface area (TPSA) is 55.1 Å². The summed E-state index contributed by atoms with van der Waals surface area (Å²) in [5.74, 6) is 1.36. The van der Waals surface area contributed by atoms with Crippen LogP contribution in [0.15, 0.2) is 48.5 Å². The van der Waals surface area contributed by atoms with Gasteiger partial charge in [0.25, 0.3) is 0 Å². The van der Waals surface area contributed by atoms with Gasteiger partial charge in [-0.1, -0.05) is 24.3 Å². The lowest BCUT2D eigenvalue weighted by Crippen LogP contribution is -1.95. The second-order valence-electron chi connectivity index (χ2n) is 5.60. The number of ether oxygens (including phenoxy) is 2. The van der Waals surface area contributed by atoms with Gasteiger partial charge in [0, 0.05) is 10.9 Å². The summed E-state index contributed by atoms with van der Waals surface area (Å²) in [6.45, 7) is 1.92. The van der Waals surface area contributed by atoms with E-state index >= 15 is 0 Å². The van der Waals surface area contributed by atoms with E-state index < -0.39 is 0 Å². The molecule has 0 aliphatic carbocycles. The van der Waals surface area contributed by atoms with E-state index in [9.17, 15) is 5.26 Å². The molecular weight excluding hydrogens is 312 g/mol. The van der Waals surface area contributed by atoms with E-state index in [-0.39, 0.29) is 0 Å². The van der Waals surface area contributed by atoms with Gasteiger partial charge in [-0.25, -0.2) is 4.98 Å². The van der Waals surface area contributed by atoms with Crippen LogP contribution in [0, 0.1) is 18.3 Å².